The van der Waals surface area contributed by atoms with Gasteiger partial charge in [-0.15, -0.1) is 0 Å². The fourth-order valence-corrected chi connectivity index (χ4v) is 2.71. The summed E-state index contributed by atoms with van der Waals surface area (Å²) in [4.78, 5) is 23.9. The van der Waals surface area contributed by atoms with Crippen molar-refractivity contribution in [1.82, 2.24) is 15.1 Å². The number of alkyl halides is 3. The summed E-state index contributed by atoms with van der Waals surface area (Å²) >= 11 is 0. The lowest BCUT2D eigenvalue weighted by Gasteiger charge is -2.13. The van der Waals surface area contributed by atoms with E-state index in [1.54, 1.807) is 25.1 Å². The van der Waals surface area contributed by atoms with Crippen LogP contribution in [0.15, 0.2) is 18.2 Å². The zero-order valence-electron chi connectivity index (χ0n) is 15.5. The molecule has 0 unspecified atom stereocenters. The van der Waals surface area contributed by atoms with E-state index < -0.39 is 23.3 Å². The number of aryl methyl sites for hydroxylation is 3. The Labute approximate surface area is 154 Å². The predicted molar refractivity (Wildman–Crippen MR) is 94.2 cm³/mol. The summed E-state index contributed by atoms with van der Waals surface area (Å²) in [5.74, 6) is -1.03. The Morgan fingerprint density at radius 1 is 1.22 bits per heavy atom. The van der Waals surface area contributed by atoms with Crippen molar-refractivity contribution in [3.05, 3.63) is 46.3 Å². The van der Waals surface area contributed by atoms with Crippen LogP contribution in [0.1, 0.15) is 46.2 Å². The molecule has 0 atom stereocenters. The smallest absolute Gasteiger partial charge is 0.352 e. The van der Waals surface area contributed by atoms with Crippen LogP contribution in [0.25, 0.3) is 0 Å². The molecule has 1 aromatic carbocycles. The monoisotopic (exact) mass is 382 g/mol. The Morgan fingerprint density at radius 3 is 2.48 bits per heavy atom. The zero-order valence-corrected chi connectivity index (χ0v) is 15.5. The third-order valence-corrected chi connectivity index (χ3v) is 4.12. The fraction of sp³-hybridized carbons (Fsp3) is 0.389. The van der Waals surface area contributed by atoms with Crippen molar-refractivity contribution in [2.24, 2.45) is 7.05 Å². The minimum absolute atomic E-state index is 0.121. The summed E-state index contributed by atoms with van der Waals surface area (Å²) < 4.78 is 40.7. The highest BCUT2D eigenvalue weighted by Gasteiger charge is 2.40. The first-order valence-electron chi connectivity index (χ1n) is 8.33. The van der Waals surface area contributed by atoms with Gasteiger partial charge in [0.05, 0.1) is 5.69 Å². The number of hydrogen-bond donors (Lipinski definition) is 2. The maximum atomic E-state index is 13.3. The van der Waals surface area contributed by atoms with Crippen LogP contribution in [0.5, 0.6) is 0 Å². The first-order chi connectivity index (χ1) is 12.5. The summed E-state index contributed by atoms with van der Waals surface area (Å²) in [6, 6.07) is 4.94. The third kappa shape index (κ3) is 4.66. The molecule has 0 saturated carbocycles. The summed E-state index contributed by atoms with van der Waals surface area (Å²) in [6.07, 6.45) is -4.34. The Balaban J connectivity index is 2.28. The van der Waals surface area contributed by atoms with Gasteiger partial charge in [-0.2, -0.15) is 18.3 Å². The summed E-state index contributed by atoms with van der Waals surface area (Å²) in [5, 5.41) is 8.93. The molecule has 0 bridgehead atoms. The van der Waals surface area contributed by atoms with Crippen molar-refractivity contribution in [2.45, 2.75) is 39.9 Å². The van der Waals surface area contributed by atoms with Crippen LogP contribution in [0.3, 0.4) is 0 Å². The van der Waals surface area contributed by atoms with Crippen LogP contribution in [0, 0.1) is 13.8 Å². The molecule has 146 valence electrons. The van der Waals surface area contributed by atoms with Crippen LogP contribution >= 0.6 is 0 Å². The largest absolute Gasteiger partial charge is 0.420 e. The molecule has 0 aliphatic carbocycles. The molecule has 0 aliphatic rings. The highest BCUT2D eigenvalue weighted by atomic mass is 19.4. The normalized spacial score (nSPS) is 11.4. The number of aromatic nitrogens is 2. The first-order valence-corrected chi connectivity index (χ1v) is 8.33. The molecule has 0 radical (unpaired) electrons. The minimum Gasteiger partial charge on any atom is -0.352 e. The first kappa shape index (κ1) is 20.5. The molecule has 1 aromatic heterocycles. The van der Waals surface area contributed by atoms with Gasteiger partial charge in [0.1, 0.15) is 11.3 Å². The molecular weight excluding hydrogens is 361 g/mol. The summed E-state index contributed by atoms with van der Waals surface area (Å²) in [6.45, 7) is 5.04. The molecule has 2 N–H and O–H groups in total. The van der Waals surface area contributed by atoms with E-state index in [4.69, 9.17) is 0 Å². The highest BCUT2D eigenvalue weighted by molar-refractivity contribution is 6.04. The van der Waals surface area contributed by atoms with Gasteiger partial charge in [-0.3, -0.25) is 14.3 Å². The maximum Gasteiger partial charge on any atom is 0.420 e. The predicted octanol–water partition coefficient (Wildman–Crippen LogP) is 3.33. The molecule has 9 heteroatoms. The van der Waals surface area contributed by atoms with Crippen LogP contribution < -0.4 is 10.6 Å². The number of rotatable bonds is 5. The number of benzene rings is 1. The van der Waals surface area contributed by atoms with E-state index in [0.717, 1.165) is 15.8 Å². The van der Waals surface area contributed by atoms with Crippen LogP contribution in [0.4, 0.5) is 18.9 Å². The zero-order chi connectivity index (χ0) is 20.4. The number of carbonyl (C=O) groups excluding carboxylic acids is 2. The van der Waals surface area contributed by atoms with Crippen molar-refractivity contribution in [3.8, 4) is 0 Å². The molecule has 1 heterocycles. The van der Waals surface area contributed by atoms with Gasteiger partial charge in [0.2, 0.25) is 5.91 Å². The van der Waals surface area contributed by atoms with E-state index in [2.05, 4.69) is 15.7 Å². The average Bonchev–Trinajstić information content (AvgIpc) is 2.89. The Morgan fingerprint density at radius 2 is 1.89 bits per heavy atom. The maximum absolute atomic E-state index is 13.3. The summed E-state index contributed by atoms with van der Waals surface area (Å²) in [5.41, 5.74) is 0.107. The van der Waals surface area contributed by atoms with Crippen molar-refractivity contribution < 1.29 is 22.8 Å². The lowest BCUT2D eigenvalue weighted by Crippen LogP contribution is -2.23. The summed E-state index contributed by atoms with van der Waals surface area (Å²) in [7, 11) is 1.29. The lowest BCUT2D eigenvalue weighted by molar-refractivity contribution is -0.138. The second-order valence-corrected chi connectivity index (χ2v) is 6.16. The number of halogens is 3. The molecule has 2 aromatic rings. The van der Waals surface area contributed by atoms with Crippen LogP contribution in [-0.4, -0.2) is 21.6 Å². The van der Waals surface area contributed by atoms with Crippen molar-refractivity contribution >= 4 is 17.5 Å². The molecule has 0 saturated heterocycles. The van der Waals surface area contributed by atoms with E-state index >= 15 is 0 Å². The second-order valence-electron chi connectivity index (χ2n) is 6.16. The van der Waals surface area contributed by atoms with E-state index in [9.17, 15) is 22.8 Å². The SMILES string of the molecule is CCC(=O)NCc1cc(NC(=O)c2c(C(F)(F)F)c(C)nn2C)ccc1C. The molecule has 0 fully saturated rings. The molecule has 27 heavy (non-hydrogen) atoms. The second kappa shape index (κ2) is 7.81. The fourth-order valence-electron chi connectivity index (χ4n) is 2.71. The highest BCUT2D eigenvalue weighted by Crippen LogP contribution is 2.34. The van der Waals surface area contributed by atoms with Gasteiger partial charge in [-0.05, 0) is 37.1 Å². The molecule has 0 aliphatic heterocycles. The Hall–Kier alpha value is -2.84. The molecule has 0 spiro atoms. The van der Waals surface area contributed by atoms with Gasteiger partial charge < -0.3 is 10.6 Å². The average molecular weight is 382 g/mol. The Kier molecular flexibility index (Phi) is 5.92. The number of hydrogen-bond acceptors (Lipinski definition) is 3. The number of anilines is 1. The van der Waals surface area contributed by atoms with Gasteiger partial charge in [-0.25, -0.2) is 0 Å². The van der Waals surface area contributed by atoms with Gasteiger partial charge in [0.25, 0.3) is 5.91 Å². The third-order valence-electron chi connectivity index (χ3n) is 4.12. The lowest BCUT2D eigenvalue weighted by atomic mass is 10.1. The number of nitrogens with zero attached hydrogens (tertiary/aromatic N) is 2. The topological polar surface area (TPSA) is 76.0 Å². The van der Waals surface area contributed by atoms with Gasteiger partial charge in [-0.1, -0.05) is 13.0 Å². The van der Waals surface area contributed by atoms with Crippen molar-refractivity contribution in [3.63, 3.8) is 0 Å². The van der Waals surface area contributed by atoms with Crippen LogP contribution in [-0.2, 0) is 24.6 Å². The van der Waals surface area contributed by atoms with Crippen molar-refractivity contribution in [1.29, 1.82) is 0 Å². The standard InChI is InChI=1S/C18H21F3N4O2/c1-5-14(26)22-9-12-8-13(7-6-10(12)2)23-17(27)16-15(18(19,20)21)11(3)24-25(16)4/h6-8H,5,9H2,1-4H3,(H,22,26)(H,23,27). The quantitative estimate of drug-likeness (QED) is 0.833. The van der Waals surface area contributed by atoms with Crippen LogP contribution in [0.2, 0.25) is 0 Å². The molecular formula is C18H21F3N4O2. The Bertz CT molecular complexity index is 872. The molecule has 6 nitrogen and oxygen atoms in total. The number of carbonyl (C=O) groups is 2. The van der Waals surface area contributed by atoms with E-state index in [1.807, 2.05) is 6.92 Å². The van der Waals surface area contributed by atoms with E-state index in [-0.39, 0.29) is 18.1 Å². The number of amides is 2. The van der Waals surface area contributed by atoms with Gasteiger partial charge in [0, 0.05) is 25.7 Å². The van der Waals surface area contributed by atoms with Gasteiger partial charge >= 0.3 is 6.18 Å². The van der Waals surface area contributed by atoms with Crippen molar-refractivity contribution in [2.75, 3.05) is 5.32 Å². The minimum atomic E-state index is -4.69. The van der Waals surface area contributed by atoms with Gasteiger partial charge in [0.15, 0.2) is 0 Å². The van der Waals surface area contributed by atoms with E-state index in [0.29, 0.717) is 12.1 Å². The molecule has 2 amide bonds. The molecule has 2 rings (SSSR count). The van der Waals surface area contributed by atoms with E-state index in [1.165, 1.54) is 14.0 Å². The number of nitrogens with one attached hydrogen (secondary N) is 2.